The molecule has 0 saturated carbocycles. The second-order valence-corrected chi connectivity index (χ2v) is 5.86. The van der Waals surface area contributed by atoms with Crippen LogP contribution in [0.25, 0.3) is 16.9 Å². The molecular formula is C16H15ClFN3. The fraction of sp³-hybridized carbons (Fsp3) is 0.250. The van der Waals surface area contributed by atoms with Crippen molar-refractivity contribution in [2.24, 2.45) is 0 Å². The molecule has 0 spiro atoms. The van der Waals surface area contributed by atoms with Gasteiger partial charge in [0.2, 0.25) is 0 Å². The smallest absolute Gasteiger partial charge is 0.164 e. The number of pyridine rings is 1. The molecule has 3 nitrogen and oxygen atoms in total. The van der Waals surface area contributed by atoms with E-state index in [0.717, 1.165) is 16.6 Å². The molecule has 2 aromatic heterocycles. The van der Waals surface area contributed by atoms with Gasteiger partial charge in [0.1, 0.15) is 17.2 Å². The lowest BCUT2D eigenvalue weighted by molar-refractivity contribution is 0.625. The summed E-state index contributed by atoms with van der Waals surface area (Å²) in [6, 6.07) is 6.77. The summed E-state index contributed by atoms with van der Waals surface area (Å²) < 4.78 is 15.6. The lowest BCUT2D eigenvalue weighted by Gasteiger charge is -2.11. The highest BCUT2D eigenvalue weighted by Gasteiger charge is 2.18. The zero-order valence-electron chi connectivity index (χ0n) is 12.1. The van der Waals surface area contributed by atoms with Crippen molar-refractivity contribution in [2.75, 3.05) is 0 Å². The fourth-order valence-electron chi connectivity index (χ4n) is 2.48. The third-order valence-corrected chi connectivity index (χ3v) is 3.61. The molecule has 1 atom stereocenters. The van der Waals surface area contributed by atoms with Crippen LogP contribution >= 0.6 is 11.6 Å². The maximum absolute atomic E-state index is 13.7. The topological polar surface area (TPSA) is 30.7 Å². The van der Waals surface area contributed by atoms with Crippen LogP contribution in [0.5, 0.6) is 0 Å². The molecule has 2 heterocycles. The molecule has 3 rings (SSSR count). The van der Waals surface area contributed by atoms with E-state index in [2.05, 4.69) is 9.97 Å². The Kier molecular flexibility index (Phi) is 3.41. The van der Waals surface area contributed by atoms with Crippen molar-refractivity contribution in [1.82, 2.24) is 14.5 Å². The maximum atomic E-state index is 13.7. The van der Waals surface area contributed by atoms with Crippen LogP contribution in [0.15, 0.2) is 30.5 Å². The first-order valence-corrected chi connectivity index (χ1v) is 7.16. The number of rotatable bonds is 2. The Labute approximate surface area is 127 Å². The van der Waals surface area contributed by atoms with E-state index in [1.165, 1.54) is 12.1 Å². The van der Waals surface area contributed by atoms with Crippen LogP contribution in [-0.2, 0) is 0 Å². The Hall–Kier alpha value is -1.94. The SMILES string of the molecule is Cc1cc(F)cc(-n2c(C(C)Cl)nc3c(C)ccnc32)c1. The van der Waals surface area contributed by atoms with Gasteiger partial charge in [-0.25, -0.2) is 14.4 Å². The molecule has 0 saturated heterocycles. The first-order valence-electron chi connectivity index (χ1n) is 6.73. The standard InChI is InChI=1S/C16H15ClFN3/c1-9-6-12(18)8-13(7-9)21-15(11(3)17)20-14-10(2)4-5-19-16(14)21/h4-8,11H,1-3H3. The highest BCUT2D eigenvalue weighted by molar-refractivity contribution is 6.20. The quantitative estimate of drug-likeness (QED) is 0.654. The number of imidazole rings is 1. The Morgan fingerprint density at radius 1 is 1.24 bits per heavy atom. The van der Waals surface area contributed by atoms with Crippen molar-refractivity contribution in [2.45, 2.75) is 26.1 Å². The number of hydrogen-bond acceptors (Lipinski definition) is 2. The van der Waals surface area contributed by atoms with Gasteiger partial charge in [-0.05, 0) is 56.2 Å². The van der Waals surface area contributed by atoms with Crippen LogP contribution in [0, 0.1) is 19.7 Å². The van der Waals surface area contributed by atoms with Gasteiger partial charge in [-0.15, -0.1) is 11.6 Å². The minimum absolute atomic E-state index is 0.285. The summed E-state index contributed by atoms with van der Waals surface area (Å²) in [4.78, 5) is 8.99. The summed E-state index contributed by atoms with van der Waals surface area (Å²) in [5, 5.41) is -0.304. The Morgan fingerprint density at radius 2 is 2.00 bits per heavy atom. The van der Waals surface area contributed by atoms with Gasteiger partial charge in [0.25, 0.3) is 0 Å². The number of alkyl halides is 1. The van der Waals surface area contributed by atoms with Crippen molar-refractivity contribution in [3.8, 4) is 5.69 Å². The third kappa shape index (κ3) is 2.40. The monoisotopic (exact) mass is 303 g/mol. The molecular weight excluding hydrogens is 289 g/mol. The molecule has 0 aliphatic carbocycles. The van der Waals surface area contributed by atoms with Crippen molar-refractivity contribution < 1.29 is 4.39 Å². The number of benzene rings is 1. The predicted octanol–water partition coefficient (Wildman–Crippen LogP) is 4.48. The van der Waals surface area contributed by atoms with Crippen LogP contribution in [0.3, 0.4) is 0 Å². The molecule has 0 fully saturated rings. The number of halogens is 2. The van der Waals surface area contributed by atoms with Crippen LogP contribution in [0.4, 0.5) is 4.39 Å². The maximum Gasteiger partial charge on any atom is 0.164 e. The molecule has 1 unspecified atom stereocenters. The van der Waals surface area contributed by atoms with Crippen LogP contribution in [-0.4, -0.2) is 14.5 Å². The highest BCUT2D eigenvalue weighted by atomic mass is 35.5. The number of hydrogen-bond donors (Lipinski definition) is 0. The van der Waals surface area contributed by atoms with Crippen molar-refractivity contribution in [3.63, 3.8) is 0 Å². The number of fused-ring (bicyclic) bond motifs is 1. The van der Waals surface area contributed by atoms with E-state index in [-0.39, 0.29) is 11.2 Å². The van der Waals surface area contributed by atoms with Gasteiger partial charge < -0.3 is 0 Å². The van der Waals surface area contributed by atoms with Gasteiger partial charge in [-0.3, -0.25) is 4.57 Å². The lowest BCUT2D eigenvalue weighted by atomic mass is 10.2. The van der Waals surface area contributed by atoms with E-state index in [4.69, 9.17) is 11.6 Å². The normalized spacial score (nSPS) is 12.8. The first kappa shape index (κ1) is 14.0. The van der Waals surface area contributed by atoms with Crippen LogP contribution in [0.1, 0.15) is 29.3 Å². The summed E-state index contributed by atoms with van der Waals surface area (Å²) in [6.45, 7) is 5.68. The molecule has 0 aliphatic heterocycles. The molecule has 21 heavy (non-hydrogen) atoms. The summed E-state index contributed by atoms with van der Waals surface area (Å²) in [5.41, 5.74) is 4.04. The number of nitrogens with zero attached hydrogens (tertiary/aromatic N) is 3. The second kappa shape index (κ2) is 5.11. The van der Waals surface area contributed by atoms with Gasteiger partial charge in [0.15, 0.2) is 5.65 Å². The summed E-state index contributed by atoms with van der Waals surface area (Å²) in [6.07, 6.45) is 1.73. The average molecular weight is 304 g/mol. The van der Waals surface area contributed by atoms with Crippen molar-refractivity contribution in [1.29, 1.82) is 0 Å². The molecule has 3 aromatic rings. The van der Waals surface area contributed by atoms with Gasteiger partial charge in [-0.1, -0.05) is 0 Å². The Bertz CT molecular complexity index is 803. The number of aryl methyl sites for hydroxylation is 2. The zero-order chi connectivity index (χ0) is 15.1. The van der Waals surface area contributed by atoms with E-state index in [1.807, 2.05) is 37.5 Å². The van der Waals surface area contributed by atoms with E-state index >= 15 is 0 Å². The first-order chi connectivity index (χ1) is 9.97. The third-order valence-electron chi connectivity index (χ3n) is 3.41. The molecule has 0 amide bonds. The summed E-state index contributed by atoms with van der Waals surface area (Å²) >= 11 is 6.26. The van der Waals surface area contributed by atoms with E-state index in [0.29, 0.717) is 17.2 Å². The molecule has 0 aliphatic rings. The predicted molar refractivity (Wildman–Crippen MR) is 82.6 cm³/mol. The fourth-order valence-corrected chi connectivity index (χ4v) is 2.62. The summed E-state index contributed by atoms with van der Waals surface area (Å²) in [5.74, 6) is 0.381. The lowest BCUT2D eigenvalue weighted by Crippen LogP contribution is -2.03. The highest BCUT2D eigenvalue weighted by Crippen LogP contribution is 2.29. The van der Waals surface area contributed by atoms with E-state index < -0.39 is 0 Å². The number of aromatic nitrogens is 3. The zero-order valence-corrected chi connectivity index (χ0v) is 12.8. The van der Waals surface area contributed by atoms with Crippen molar-refractivity contribution in [3.05, 3.63) is 53.2 Å². The molecule has 5 heteroatoms. The van der Waals surface area contributed by atoms with Gasteiger partial charge in [0.05, 0.1) is 11.1 Å². The van der Waals surface area contributed by atoms with Gasteiger partial charge in [-0.2, -0.15) is 0 Å². The molecule has 0 radical (unpaired) electrons. The largest absolute Gasteiger partial charge is 0.279 e. The van der Waals surface area contributed by atoms with E-state index in [1.54, 1.807) is 6.20 Å². The molecule has 0 bridgehead atoms. The van der Waals surface area contributed by atoms with Crippen LogP contribution in [0.2, 0.25) is 0 Å². The minimum atomic E-state index is -0.304. The summed E-state index contributed by atoms with van der Waals surface area (Å²) in [7, 11) is 0. The van der Waals surface area contributed by atoms with Gasteiger partial charge >= 0.3 is 0 Å². The van der Waals surface area contributed by atoms with Gasteiger partial charge in [0, 0.05) is 6.20 Å². The van der Waals surface area contributed by atoms with Crippen molar-refractivity contribution >= 4 is 22.8 Å². The Morgan fingerprint density at radius 3 is 2.67 bits per heavy atom. The average Bonchev–Trinajstić information content (AvgIpc) is 2.78. The molecule has 0 N–H and O–H groups in total. The molecule has 108 valence electrons. The van der Waals surface area contributed by atoms with Crippen LogP contribution < -0.4 is 0 Å². The molecule has 1 aromatic carbocycles. The Balaban J connectivity index is 2.39. The minimum Gasteiger partial charge on any atom is -0.279 e. The second-order valence-electron chi connectivity index (χ2n) is 5.21. The van der Waals surface area contributed by atoms with E-state index in [9.17, 15) is 4.39 Å².